The third-order valence-electron chi connectivity index (χ3n) is 2.27. The number of alkyl halides is 3. The lowest BCUT2D eigenvalue weighted by Gasteiger charge is -2.02. The summed E-state index contributed by atoms with van der Waals surface area (Å²) >= 11 is 5.57. The van der Waals surface area contributed by atoms with Crippen LogP contribution in [0.2, 0.25) is 5.02 Å². The molecule has 90 valence electrons. The van der Waals surface area contributed by atoms with Gasteiger partial charge in [-0.15, -0.1) is 0 Å². The zero-order valence-corrected chi connectivity index (χ0v) is 8.86. The van der Waals surface area contributed by atoms with Gasteiger partial charge >= 0.3 is 12.1 Å². The number of rotatable bonds is 1. The number of carbonyl (C=O) groups is 1. The van der Waals surface area contributed by atoms with E-state index in [0.29, 0.717) is 0 Å². The van der Waals surface area contributed by atoms with Crippen molar-refractivity contribution in [2.24, 2.45) is 0 Å². The van der Waals surface area contributed by atoms with E-state index in [9.17, 15) is 18.0 Å². The molecular formula is C10H5ClF3NO2. The minimum Gasteiger partial charge on any atom is -0.478 e. The van der Waals surface area contributed by atoms with Crippen LogP contribution in [0.25, 0.3) is 10.9 Å². The van der Waals surface area contributed by atoms with Crippen LogP contribution in [0.15, 0.2) is 18.2 Å². The number of fused-ring (bicyclic) bond motifs is 1. The molecule has 1 aromatic carbocycles. The van der Waals surface area contributed by atoms with Crippen molar-refractivity contribution in [3.05, 3.63) is 34.5 Å². The van der Waals surface area contributed by atoms with Crippen LogP contribution in [-0.2, 0) is 6.18 Å². The van der Waals surface area contributed by atoms with Crippen molar-refractivity contribution in [3.63, 3.8) is 0 Å². The summed E-state index contributed by atoms with van der Waals surface area (Å²) in [6.07, 6.45) is -4.60. The molecule has 0 unspecified atom stereocenters. The van der Waals surface area contributed by atoms with Gasteiger partial charge in [0.2, 0.25) is 0 Å². The minimum absolute atomic E-state index is 0.0406. The van der Waals surface area contributed by atoms with Gasteiger partial charge in [0.25, 0.3) is 0 Å². The van der Waals surface area contributed by atoms with E-state index in [4.69, 9.17) is 16.7 Å². The third-order valence-corrected chi connectivity index (χ3v) is 2.66. The molecule has 1 aromatic heterocycles. The number of aromatic carboxylic acids is 1. The van der Waals surface area contributed by atoms with Crippen molar-refractivity contribution in [3.8, 4) is 0 Å². The molecule has 2 aromatic rings. The molecule has 0 bridgehead atoms. The zero-order valence-electron chi connectivity index (χ0n) is 8.10. The second-order valence-electron chi connectivity index (χ2n) is 3.38. The van der Waals surface area contributed by atoms with Crippen molar-refractivity contribution >= 4 is 28.5 Å². The number of carboxylic acids is 1. The van der Waals surface area contributed by atoms with Crippen LogP contribution in [0.5, 0.6) is 0 Å². The summed E-state index contributed by atoms with van der Waals surface area (Å²) in [6.45, 7) is 0. The molecule has 7 heteroatoms. The molecule has 0 fully saturated rings. The van der Waals surface area contributed by atoms with Crippen molar-refractivity contribution in [2.45, 2.75) is 6.18 Å². The average Bonchev–Trinajstić information content (AvgIpc) is 2.55. The minimum atomic E-state index is -4.60. The van der Waals surface area contributed by atoms with Gasteiger partial charge in [-0.05, 0) is 18.2 Å². The quantitative estimate of drug-likeness (QED) is 0.827. The Balaban J connectivity index is 2.71. The molecule has 0 aliphatic carbocycles. The van der Waals surface area contributed by atoms with E-state index in [-0.39, 0.29) is 16.5 Å². The maximum atomic E-state index is 12.5. The van der Waals surface area contributed by atoms with Gasteiger partial charge in [0.1, 0.15) is 5.69 Å². The highest BCUT2D eigenvalue weighted by molar-refractivity contribution is 6.36. The van der Waals surface area contributed by atoms with E-state index in [1.165, 1.54) is 12.1 Å². The highest BCUT2D eigenvalue weighted by atomic mass is 35.5. The Kier molecular flexibility index (Phi) is 2.54. The molecular weight excluding hydrogens is 259 g/mol. The average molecular weight is 264 g/mol. The van der Waals surface area contributed by atoms with E-state index >= 15 is 0 Å². The molecule has 2 N–H and O–H groups in total. The Morgan fingerprint density at radius 2 is 2.00 bits per heavy atom. The second kappa shape index (κ2) is 3.66. The monoisotopic (exact) mass is 263 g/mol. The summed E-state index contributed by atoms with van der Waals surface area (Å²) in [5.74, 6) is -1.22. The van der Waals surface area contributed by atoms with E-state index < -0.39 is 22.9 Å². The van der Waals surface area contributed by atoms with Gasteiger partial charge in [-0.25, -0.2) is 4.79 Å². The van der Waals surface area contributed by atoms with Crippen LogP contribution in [0.1, 0.15) is 16.1 Å². The number of carboxylic acid groups (broad SMARTS) is 1. The van der Waals surface area contributed by atoms with Gasteiger partial charge in [0.15, 0.2) is 0 Å². The lowest BCUT2D eigenvalue weighted by atomic mass is 10.1. The molecule has 0 aliphatic heterocycles. The van der Waals surface area contributed by atoms with Crippen LogP contribution in [0, 0.1) is 0 Å². The molecule has 0 aliphatic rings. The van der Waals surface area contributed by atoms with Crippen LogP contribution in [0.4, 0.5) is 13.2 Å². The van der Waals surface area contributed by atoms with Gasteiger partial charge in [0.05, 0.1) is 10.6 Å². The first-order chi connectivity index (χ1) is 7.80. The van der Waals surface area contributed by atoms with Crippen LogP contribution in [-0.4, -0.2) is 16.1 Å². The first-order valence-electron chi connectivity index (χ1n) is 4.42. The number of H-pyrrole nitrogens is 1. The molecule has 2 rings (SSSR count). The molecule has 0 amide bonds. The third kappa shape index (κ3) is 1.95. The lowest BCUT2D eigenvalue weighted by Crippen LogP contribution is -2.05. The number of halogens is 4. The lowest BCUT2D eigenvalue weighted by molar-refractivity contribution is -0.140. The summed E-state index contributed by atoms with van der Waals surface area (Å²) in [5.41, 5.74) is -1.05. The fourth-order valence-corrected chi connectivity index (χ4v) is 1.80. The van der Waals surface area contributed by atoms with E-state index in [0.717, 1.165) is 6.07 Å². The first kappa shape index (κ1) is 11.8. The zero-order chi connectivity index (χ0) is 12.8. The Hall–Kier alpha value is -1.69. The highest BCUT2D eigenvalue weighted by Gasteiger charge is 2.36. The SMILES string of the molecule is O=C(O)c1ccc2[nH]c(C(F)(F)F)c(Cl)c2c1. The highest BCUT2D eigenvalue weighted by Crippen LogP contribution is 2.38. The van der Waals surface area contributed by atoms with Crippen LogP contribution in [0.3, 0.4) is 0 Å². The van der Waals surface area contributed by atoms with Gasteiger partial charge in [-0.3, -0.25) is 0 Å². The second-order valence-corrected chi connectivity index (χ2v) is 3.76. The van der Waals surface area contributed by atoms with Gasteiger partial charge in [-0.1, -0.05) is 11.6 Å². The Bertz CT molecular complexity index is 603. The summed E-state index contributed by atoms with van der Waals surface area (Å²) in [7, 11) is 0. The predicted octanol–water partition coefficient (Wildman–Crippen LogP) is 3.54. The van der Waals surface area contributed by atoms with Crippen molar-refractivity contribution < 1.29 is 23.1 Å². The van der Waals surface area contributed by atoms with Gasteiger partial charge in [-0.2, -0.15) is 13.2 Å². The standard InChI is InChI=1S/C10H5ClF3NO2/c11-7-5-3-4(9(16)17)1-2-6(5)15-8(7)10(12,13)14/h1-3,15H,(H,16,17). The summed E-state index contributed by atoms with van der Waals surface area (Å²) in [5, 5.41) is 8.25. The fourth-order valence-electron chi connectivity index (χ4n) is 1.49. The van der Waals surface area contributed by atoms with Gasteiger partial charge < -0.3 is 10.1 Å². The molecule has 3 nitrogen and oxygen atoms in total. The number of hydrogen-bond donors (Lipinski definition) is 2. The van der Waals surface area contributed by atoms with Crippen molar-refractivity contribution in [1.82, 2.24) is 4.98 Å². The summed E-state index contributed by atoms with van der Waals surface area (Å²) in [4.78, 5) is 12.8. The molecule has 1 heterocycles. The Morgan fingerprint density at radius 3 is 2.53 bits per heavy atom. The van der Waals surface area contributed by atoms with Crippen LogP contribution >= 0.6 is 11.6 Å². The van der Waals surface area contributed by atoms with E-state index in [1.807, 2.05) is 0 Å². The number of benzene rings is 1. The summed E-state index contributed by atoms with van der Waals surface area (Å²) in [6, 6.07) is 3.56. The molecule has 17 heavy (non-hydrogen) atoms. The molecule has 0 spiro atoms. The topological polar surface area (TPSA) is 53.1 Å². The largest absolute Gasteiger partial charge is 0.478 e. The fraction of sp³-hybridized carbons (Fsp3) is 0.100. The Morgan fingerprint density at radius 1 is 1.35 bits per heavy atom. The predicted molar refractivity (Wildman–Crippen MR) is 55.3 cm³/mol. The number of aromatic nitrogens is 1. The maximum Gasteiger partial charge on any atom is 0.432 e. The number of hydrogen-bond acceptors (Lipinski definition) is 1. The molecule has 0 saturated carbocycles. The first-order valence-corrected chi connectivity index (χ1v) is 4.80. The number of aromatic amines is 1. The van der Waals surface area contributed by atoms with Crippen molar-refractivity contribution in [2.75, 3.05) is 0 Å². The van der Waals surface area contributed by atoms with E-state index in [2.05, 4.69) is 4.98 Å². The number of nitrogens with one attached hydrogen (secondary N) is 1. The maximum absolute atomic E-state index is 12.5. The molecule has 0 atom stereocenters. The Labute approximate surface area is 97.8 Å². The van der Waals surface area contributed by atoms with Crippen molar-refractivity contribution in [1.29, 1.82) is 0 Å². The smallest absolute Gasteiger partial charge is 0.432 e. The molecule has 0 radical (unpaired) electrons. The summed E-state index contributed by atoms with van der Waals surface area (Å²) < 4.78 is 37.5. The van der Waals surface area contributed by atoms with E-state index in [1.54, 1.807) is 0 Å². The normalized spacial score (nSPS) is 12.0. The molecule has 0 saturated heterocycles. The van der Waals surface area contributed by atoms with Crippen LogP contribution < -0.4 is 0 Å². The van der Waals surface area contributed by atoms with Gasteiger partial charge in [0, 0.05) is 10.9 Å².